The molecule has 2 aromatic rings. The van der Waals surface area contributed by atoms with Crippen LogP contribution in [0.4, 0.5) is 4.79 Å². The predicted molar refractivity (Wildman–Crippen MR) is 141 cm³/mol. The summed E-state index contributed by atoms with van der Waals surface area (Å²) in [7, 11) is 0. The van der Waals surface area contributed by atoms with Gasteiger partial charge in [0.25, 0.3) is 0 Å². The van der Waals surface area contributed by atoms with Crippen LogP contribution in [0.15, 0.2) is 27.7 Å². The number of ether oxygens (including phenoxy) is 1. The summed E-state index contributed by atoms with van der Waals surface area (Å²) in [6, 6.07) is 1.12. The largest absolute Gasteiger partial charge is 0.469 e. The van der Waals surface area contributed by atoms with E-state index in [1.807, 2.05) is 31.4 Å². The molecule has 0 aliphatic rings. The molecule has 0 saturated carbocycles. The first kappa shape index (κ1) is 28.6. The summed E-state index contributed by atoms with van der Waals surface area (Å²) in [5, 5.41) is 5.89. The first-order valence-electron chi connectivity index (χ1n) is 12.2. The summed E-state index contributed by atoms with van der Waals surface area (Å²) < 4.78 is 10.9. The van der Waals surface area contributed by atoms with Gasteiger partial charge in [0.1, 0.15) is 17.4 Å². The number of hydrogen-bond acceptors (Lipinski definition) is 6. The van der Waals surface area contributed by atoms with E-state index in [9.17, 15) is 9.59 Å². The van der Waals surface area contributed by atoms with Crippen LogP contribution in [0.2, 0.25) is 0 Å². The Balaban J connectivity index is 2.31. The van der Waals surface area contributed by atoms with Gasteiger partial charge in [0.05, 0.1) is 23.5 Å². The van der Waals surface area contributed by atoms with E-state index in [4.69, 9.17) is 14.1 Å². The highest BCUT2D eigenvalue weighted by Gasteiger charge is 2.29. The minimum atomic E-state index is -0.768. The molecule has 1 N–H and O–H groups in total. The van der Waals surface area contributed by atoms with Crippen LogP contribution < -0.4 is 5.32 Å². The number of aryl methyl sites for hydroxylation is 1. The van der Waals surface area contributed by atoms with Crippen molar-refractivity contribution >= 4 is 29.4 Å². The van der Waals surface area contributed by atoms with Crippen molar-refractivity contribution in [1.82, 2.24) is 15.2 Å². The molecule has 2 heterocycles. The van der Waals surface area contributed by atoms with Crippen LogP contribution in [0, 0.1) is 12.8 Å². The van der Waals surface area contributed by atoms with E-state index in [0.717, 1.165) is 27.6 Å². The number of furan rings is 1. The number of hydrogen-bond donors (Lipinski definition) is 1. The minimum Gasteiger partial charge on any atom is -0.469 e. The number of thiazole rings is 1. The van der Waals surface area contributed by atoms with E-state index in [1.54, 1.807) is 43.3 Å². The Hall–Kier alpha value is -2.61. The maximum atomic E-state index is 13.8. The fraction of sp³-hybridized carbons (Fsp3) is 0.593. The molecule has 0 saturated heterocycles. The average molecular weight is 504 g/mol. The standard InChI is InChI=1S/C27H41N3O4S/c1-17(2)14-30(15-22-16-35-24(28-22)18(3)4)25(31)23(29-26(32)34-27(7,8)9)13-19(5)12-21-10-11-33-20(21)6/h10-12,16-18,23H,13-15H2,1-9H3,(H,29,32)/b19-12+/t23-/m1/s1. The molecule has 0 unspecified atom stereocenters. The van der Waals surface area contributed by atoms with Gasteiger partial charge in [-0.1, -0.05) is 39.3 Å². The summed E-state index contributed by atoms with van der Waals surface area (Å²) in [4.78, 5) is 33.0. The van der Waals surface area contributed by atoms with Crippen molar-refractivity contribution in [2.24, 2.45) is 5.92 Å². The van der Waals surface area contributed by atoms with Gasteiger partial charge in [-0.05, 0) is 53.0 Å². The van der Waals surface area contributed by atoms with E-state index in [-0.39, 0.29) is 11.8 Å². The number of carbonyl (C=O) groups is 2. The van der Waals surface area contributed by atoms with Gasteiger partial charge in [-0.2, -0.15) is 0 Å². The molecule has 35 heavy (non-hydrogen) atoms. The smallest absolute Gasteiger partial charge is 0.408 e. The molecule has 2 rings (SSSR count). The van der Waals surface area contributed by atoms with Crippen molar-refractivity contribution in [3.63, 3.8) is 0 Å². The van der Waals surface area contributed by atoms with Crippen LogP contribution in [0.3, 0.4) is 0 Å². The number of carbonyl (C=O) groups excluding carboxylic acids is 2. The summed E-state index contributed by atoms with van der Waals surface area (Å²) in [6.07, 6.45) is 3.37. The van der Waals surface area contributed by atoms with Crippen molar-refractivity contribution in [1.29, 1.82) is 0 Å². The fourth-order valence-corrected chi connectivity index (χ4v) is 4.42. The van der Waals surface area contributed by atoms with E-state index in [1.165, 1.54) is 0 Å². The maximum absolute atomic E-state index is 13.8. The highest BCUT2D eigenvalue weighted by Crippen LogP contribution is 2.22. The topological polar surface area (TPSA) is 84.7 Å². The van der Waals surface area contributed by atoms with Crippen LogP contribution in [0.1, 0.15) is 89.8 Å². The lowest BCUT2D eigenvalue weighted by Crippen LogP contribution is -2.50. The zero-order chi connectivity index (χ0) is 26.3. The Morgan fingerprint density at radius 2 is 1.94 bits per heavy atom. The number of nitrogens with zero attached hydrogens (tertiary/aromatic N) is 2. The van der Waals surface area contributed by atoms with E-state index in [2.05, 4.69) is 33.0 Å². The average Bonchev–Trinajstić information content (AvgIpc) is 3.34. The zero-order valence-corrected chi connectivity index (χ0v) is 23.4. The molecular formula is C27H41N3O4S. The quantitative estimate of drug-likeness (QED) is 0.398. The van der Waals surface area contributed by atoms with Gasteiger partial charge >= 0.3 is 6.09 Å². The molecule has 0 aliphatic carbocycles. The maximum Gasteiger partial charge on any atom is 0.408 e. The van der Waals surface area contributed by atoms with Crippen LogP contribution in [-0.2, 0) is 16.1 Å². The van der Waals surface area contributed by atoms with Crippen LogP contribution in [-0.4, -0.2) is 40.1 Å². The summed E-state index contributed by atoms with van der Waals surface area (Å²) >= 11 is 1.61. The molecule has 2 aromatic heterocycles. The monoisotopic (exact) mass is 503 g/mol. The van der Waals surface area contributed by atoms with Gasteiger partial charge < -0.3 is 19.4 Å². The van der Waals surface area contributed by atoms with Crippen molar-refractivity contribution in [3.8, 4) is 0 Å². The van der Waals surface area contributed by atoms with E-state index >= 15 is 0 Å². The zero-order valence-electron chi connectivity index (χ0n) is 22.6. The van der Waals surface area contributed by atoms with Crippen LogP contribution >= 0.6 is 11.3 Å². The Morgan fingerprint density at radius 3 is 2.46 bits per heavy atom. The second kappa shape index (κ2) is 12.4. The molecule has 7 nitrogen and oxygen atoms in total. The summed E-state index contributed by atoms with van der Waals surface area (Å²) in [5.41, 5.74) is 2.10. The third-order valence-electron chi connectivity index (χ3n) is 5.13. The lowest BCUT2D eigenvalue weighted by Gasteiger charge is -2.30. The SMILES string of the molecule is C/C(=C\c1ccoc1C)C[C@@H](NC(=O)OC(C)(C)C)C(=O)N(Cc1csc(C(C)C)n1)CC(C)C. The van der Waals surface area contributed by atoms with E-state index < -0.39 is 17.7 Å². The van der Waals surface area contributed by atoms with Gasteiger partial charge in [-0.25, -0.2) is 9.78 Å². The lowest BCUT2D eigenvalue weighted by molar-refractivity contribution is -0.134. The first-order valence-corrected chi connectivity index (χ1v) is 13.1. The molecule has 8 heteroatoms. The second-order valence-electron chi connectivity index (χ2n) is 10.8. The summed E-state index contributed by atoms with van der Waals surface area (Å²) in [6.45, 7) is 18.6. The number of amides is 2. The molecule has 0 fully saturated rings. The van der Waals surface area contributed by atoms with Crippen molar-refractivity contribution in [2.75, 3.05) is 6.54 Å². The van der Waals surface area contributed by atoms with Crippen molar-refractivity contribution < 1.29 is 18.7 Å². The Kier molecular flexibility index (Phi) is 10.1. The predicted octanol–water partition coefficient (Wildman–Crippen LogP) is 6.54. The van der Waals surface area contributed by atoms with Crippen molar-refractivity contribution in [2.45, 2.75) is 92.8 Å². The third kappa shape index (κ3) is 9.51. The van der Waals surface area contributed by atoms with Crippen LogP contribution in [0.25, 0.3) is 6.08 Å². The molecule has 0 spiro atoms. The Bertz CT molecular complexity index is 1010. The molecule has 194 valence electrons. The van der Waals surface area contributed by atoms with Gasteiger partial charge in [-0.3, -0.25) is 4.79 Å². The molecular weight excluding hydrogens is 462 g/mol. The second-order valence-corrected chi connectivity index (χ2v) is 11.7. The Morgan fingerprint density at radius 1 is 1.26 bits per heavy atom. The molecule has 0 aliphatic heterocycles. The number of alkyl carbamates (subject to hydrolysis) is 1. The molecule has 0 bridgehead atoms. The number of aromatic nitrogens is 1. The number of rotatable bonds is 10. The third-order valence-corrected chi connectivity index (χ3v) is 6.32. The van der Waals surface area contributed by atoms with Crippen LogP contribution in [0.5, 0.6) is 0 Å². The van der Waals surface area contributed by atoms with Gasteiger partial charge in [0.2, 0.25) is 5.91 Å². The van der Waals surface area contributed by atoms with E-state index in [0.29, 0.717) is 25.4 Å². The normalized spacial score (nSPS) is 13.3. The highest BCUT2D eigenvalue weighted by atomic mass is 32.1. The summed E-state index contributed by atoms with van der Waals surface area (Å²) in [5.74, 6) is 1.25. The first-order chi connectivity index (χ1) is 16.2. The fourth-order valence-electron chi connectivity index (χ4n) is 3.59. The number of nitrogens with one attached hydrogen (secondary N) is 1. The molecule has 0 aromatic carbocycles. The molecule has 0 radical (unpaired) electrons. The molecule has 2 amide bonds. The van der Waals surface area contributed by atoms with Gasteiger partial charge in [0, 0.05) is 23.4 Å². The lowest BCUT2D eigenvalue weighted by atomic mass is 10.0. The highest BCUT2D eigenvalue weighted by molar-refractivity contribution is 7.09. The Labute approximate surface area is 213 Å². The molecule has 1 atom stereocenters. The van der Waals surface area contributed by atoms with Gasteiger partial charge in [-0.15, -0.1) is 11.3 Å². The van der Waals surface area contributed by atoms with Crippen molar-refractivity contribution in [3.05, 3.63) is 45.3 Å². The minimum absolute atomic E-state index is 0.152. The van der Waals surface area contributed by atoms with Gasteiger partial charge in [0.15, 0.2) is 0 Å².